The summed E-state index contributed by atoms with van der Waals surface area (Å²) >= 11 is 0. The van der Waals surface area contributed by atoms with Gasteiger partial charge in [0.05, 0.1) is 0 Å². The molecule has 122 valence electrons. The minimum Gasteiger partial charge on any atom is -0.361 e. The lowest BCUT2D eigenvalue weighted by Crippen LogP contribution is -2.36. The van der Waals surface area contributed by atoms with Gasteiger partial charge in [0.25, 0.3) is 5.91 Å². The molecule has 1 saturated carbocycles. The van der Waals surface area contributed by atoms with Crippen LogP contribution < -0.4 is 5.32 Å². The predicted octanol–water partition coefficient (Wildman–Crippen LogP) is 4.90. The molecule has 0 radical (unpaired) electrons. The van der Waals surface area contributed by atoms with Crippen molar-refractivity contribution in [2.24, 2.45) is 0 Å². The number of aromatic amines is 1. The fraction of sp³-hybridized carbons (Fsp3) is 0.286. The van der Waals surface area contributed by atoms with Gasteiger partial charge in [0.15, 0.2) is 0 Å². The summed E-state index contributed by atoms with van der Waals surface area (Å²) in [6, 6.07) is 16.5. The monoisotopic (exact) mass is 318 g/mol. The summed E-state index contributed by atoms with van der Waals surface area (Å²) in [4.78, 5) is 15.7. The van der Waals surface area contributed by atoms with Crippen LogP contribution in [0.5, 0.6) is 0 Å². The highest BCUT2D eigenvalue weighted by atomic mass is 16.1. The summed E-state index contributed by atoms with van der Waals surface area (Å²) in [6.45, 7) is 0. The minimum atomic E-state index is 0.0485. The van der Waals surface area contributed by atoms with Crippen LogP contribution in [0.4, 0.5) is 0 Å². The molecule has 3 nitrogen and oxygen atoms in total. The molecular weight excluding hydrogens is 296 g/mol. The highest BCUT2D eigenvalue weighted by Gasteiger charge is 2.16. The van der Waals surface area contributed by atoms with E-state index in [1.807, 2.05) is 42.6 Å². The average molecular weight is 318 g/mol. The Labute approximate surface area is 142 Å². The van der Waals surface area contributed by atoms with Gasteiger partial charge in [-0.05, 0) is 36.6 Å². The standard InChI is InChI=1S/C21H22N2O/c24-21(23-17-6-2-1-3-7-17)16-12-10-15(11-13-16)19-14-22-20-9-5-4-8-18(19)20/h4-5,8-14,17,22H,1-3,6-7H2,(H,23,24). The summed E-state index contributed by atoms with van der Waals surface area (Å²) in [5, 5.41) is 4.38. The van der Waals surface area contributed by atoms with Gasteiger partial charge in [0.1, 0.15) is 0 Å². The first kappa shape index (κ1) is 15.0. The maximum atomic E-state index is 12.4. The zero-order valence-corrected chi connectivity index (χ0v) is 13.7. The smallest absolute Gasteiger partial charge is 0.251 e. The lowest BCUT2D eigenvalue weighted by molar-refractivity contribution is 0.0928. The van der Waals surface area contributed by atoms with E-state index in [2.05, 4.69) is 22.4 Å². The van der Waals surface area contributed by atoms with E-state index < -0.39 is 0 Å². The lowest BCUT2D eigenvalue weighted by Gasteiger charge is -2.22. The molecule has 4 rings (SSSR count). The first-order chi connectivity index (χ1) is 11.8. The molecule has 2 aromatic carbocycles. The van der Waals surface area contributed by atoms with Crippen LogP contribution in [0.3, 0.4) is 0 Å². The lowest BCUT2D eigenvalue weighted by atomic mass is 9.95. The molecule has 0 aliphatic heterocycles. The van der Waals surface area contributed by atoms with Crippen molar-refractivity contribution in [1.82, 2.24) is 10.3 Å². The minimum absolute atomic E-state index is 0.0485. The molecule has 1 aliphatic carbocycles. The highest BCUT2D eigenvalue weighted by Crippen LogP contribution is 2.28. The predicted molar refractivity (Wildman–Crippen MR) is 98.1 cm³/mol. The molecule has 1 aliphatic rings. The van der Waals surface area contributed by atoms with Gasteiger partial charge in [0, 0.05) is 34.3 Å². The second-order valence-electron chi connectivity index (χ2n) is 6.63. The summed E-state index contributed by atoms with van der Waals surface area (Å²) in [5.74, 6) is 0.0485. The van der Waals surface area contributed by atoms with Crippen LogP contribution in [0.15, 0.2) is 54.7 Å². The van der Waals surface area contributed by atoms with Crippen LogP contribution in [-0.2, 0) is 0 Å². The molecule has 0 spiro atoms. The van der Waals surface area contributed by atoms with Crippen LogP contribution in [0.2, 0.25) is 0 Å². The molecule has 1 aromatic heterocycles. The van der Waals surface area contributed by atoms with Crippen molar-refractivity contribution >= 4 is 16.8 Å². The van der Waals surface area contributed by atoms with E-state index in [-0.39, 0.29) is 5.91 Å². The fourth-order valence-corrected chi connectivity index (χ4v) is 3.63. The Morgan fingerprint density at radius 3 is 2.50 bits per heavy atom. The third-order valence-electron chi connectivity index (χ3n) is 4.99. The quantitative estimate of drug-likeness (QED) is 0.709. The number of rotatable bonds is 3. The van der Waals surface area contributed by atoms with Crippen molar-refractivity contribution in [2.45, 2.75) is 38.1 Å². The summed E-state index contributed by atoms with van der Waals surface area (Å²) in [6.07, 6.45) is 8.00. The van der Waals surface area contributed by atoms with Gasteiger partial charge in [-0.2, -0.15) is 0 Å². The maximum Gasteiger partial charge on any atom is 0.251 e. The first-order valence-electron chi connectivity index (χ1n) is 8.79. The molecule has 24 heavy (non-hydrogen) atoms. The zero-order valence-electron chi connectivity index (χ0n) is 13.7. The van der Waals surface area contributed by atoms with Crippen molar-refractivity contribution in [3.63, 3.8) is 0 Å². The van der Waals surface area contributed by atoms with Gasteiger partial charge in [0.2, 0.25) is 0 Å². The van der Waals surface area contributed by atoms with Gasteiger partial charge in [-0.25, -0.2) is 0 Å². The van der Waals surface area contributed by atoms with Gasteiger partial charge >= 0.3 is 0 Å². The van der Waals surface area contributed by atoms with Crippen LogP contribution in [-0.4, -0.2) is 16.9 Å². The number of fused-ring (bicyclic) bond motifs is 1. The molecule has 1 amide bonds. The van der Waals surface area contributed by atoms with E-state index in [0.29, 0.717) is 6.04 Å². The van der Waals surface area contributed by atoms with Crippen LogP contribution in [0.1, 0.15) is 42.5 Å². The highest BCUT2D eigenvalue weighted by molar-refractivity contribution is 5.97. The van der Waals surface area contributed by atoms with E-state index in [4.69, 9.17) is 0 Å². The van der Waals surface area contributed by atoms with E-state index in [1.54, 1.807) is 0 Å². The molecule has 2 N–H and O–H groups in total. The van der Waals surface area contributed by atoms with Crippen molar-refractivity contribution < 1.29 is 4.79 Å². The molecule has 0 unspecified atom stereocenters. The Kier molecular flexibility index (Phi) is 4.08. The topological polar surface area (TPSA) is 44.9 Å². The van der Waals surface area contributed by atoms with Crippen molar-refractivity contribution in [3.05, 3.63) is 60.3 Å². The first-order valence-corrected chi connectivity index (χ1v) is 8.79. The number of amides is 1. The van der Waals surface area contributed by atoms with Crippen molar-refractivity contribution in [2.75, 3.05) is 0 Å². The number of carbonyl (C=O) groups excluding carboxylic acids is 1. The average Bonchev–Trinajstić information content (AvgIpc) is 3.07. The second-order valence-corrected chi connectivity index (χ2v) is 6.63. The second kappa shape index (κ2) is 6.52. The molecular formula is C21H22N2O. The van der Waals surface area contributed by atoms with Crippen LogP contribution in [0, 0.1) is 0 Å². The van der Waals surface area contributed by atoms with Crippen molar-refractivity contribution in [1.29, 1.82) is 0 Å². The number of H-pyrrole nitrogens is 1. The molecule has 3 aromatic rings. The third kappa shape index (κ3) is 2.94. The molecule has 0 atom stereocenters. The van der Waals surface area contributed by atoms with Crippen LogP contribution >= 0.6 is 0 Å². The molecule has 0 bridgehead atoms. The number of carbonyl (C=O) groups is 1. The SMILES string of the molecule is O=C(NC1CCCCC1)c1ccc(-c2c[nH]c3ccccc23)cc1. The Morgan fingerprint density at radius 2 is 1.71 bits per heavy atom. The molecule has 1 fully saturated rings. The number of nitrogens with one attached hydrogen (secondary N) is 2. The number of benzene rings is 2. The van der Waals surface area contributed by atoms with Crippen molar-refractivity contribution in [3.8, 4) is 11.1 Å². The number of hydrogen-bond acceptors (Lipinski definition) is 1. The Balaban J connectivity index is 1.53. The van der Waals surface area contributed by atoms with E-state index in [1.165, 1.54) is 30.2 Å². The van der Waals surface area contributed by atoms with E-state index >= 15 is 0 Å². The molecule has 3 heteroatoms. The largest absolute Gasteiger partial charge is 0.361 e. The van der Waals surface area contributed by atoms with E-state index in [9.17, 15) is 4.79 Å². The Hall–Kier alpha value is -2.55. The summed E-state index contributed by atoms with van der Waals surface area (Å²) < 4.78 is 0. The third-order valence-corrected chi connectivity index (χ3v) is 4.99. The number of hydrogen-bond donors (Lipinski definition) is 2. The maximum absolute atomic E-state index is 12.4. The summed E-state index contributed by atoms with van der Waals surface area (Å²) in [7, 11) is 0. The van der Waals surface area contributed by atoms with Gasteiger partial charge in [-0.3, -0.25) is 4.79 Å². The molecule has 1 heterocycles. The fourth-order valence-electron chi connectivity index (χ4n) is 3.63. The number of para-hydroxylation sites is 1. The Bertz CT molecular complexity index is 842. The zero-order chi connectivity index (χ0) is 16.4. The molecule has 0 saturated heterocycles. The van der Waals surface area contributed by atoms with Crippen LogP contribution in [0.25, 0.3) is 22.0 Å². The van der Waals surface area contributed by atoms with Gasteiger partial charge in [-0.15, -0.1) is 0 Å². The van der Waals surface area contributed by atoms with Gasteiger partial charge < -0.3 is 10.3 Å². The summed E-state index contributed by atoms with van der Waals surface area (Å²) in [5.41, 5.74) is 4.17. The Morgan fingerprint density at radius 1 is 0.958 bits per heavy atom. The van der Waals surface area contributed by atoms with E-state index in [0.717, 1.165) is 29.5 Å². The normalized spacial score (nSPS) is 15.5. The van der Waals surface area contributed by atoms with Gasteiger partial charge in [-0.1, -0.05) is 49.6 Å². The number of aromatic nitrogens is 1.